The van der Waals surface area contributed by atoms with Crippen LogP contribution in [0.15, 0.2) is 48.5 Å². The summed E-state index contributed by atoms with van der Waals surface area (Å²) < 4.78 is 18.8. The zero-order valence-corrected chi connectivity index (χ0v) is 12.8. The molecule has 112 valence electrons. The van der Waals surface area contributed by atoms with Crippen LogP contribution in [0.3, 0.4) is 0 Å². The Morgan fingerprint density at radius 1 is 1.10 bits per heavy atom. The SMILES string of the molecule is CCOc1ccccc1C(N)C(C)(C)c1ccc(F)cc1. The number of nitrogens with two attached hydrogens (primary N) is 1. The van der Waals surface area contributed by atoms with Gasteiger partial charge in [-0.3, -0.25) is 0 Å². The maximum atomic E-state index is 13.1. The van der Waals surface area contributed by atoms with Gasteiger partial charge in [-0.15, -0.1) is 0 Å². The van der Waals surface area contributed by atoms with Crippen molar-refractivity contribution in [2.24, 2.45) is 5.73 Å². The predicted octanol–water partition coefficient (Wildman–Crippen LogP) is 4.20. The number of hydrogen-bond donors (Lipinski definition) is 1. The van der Waals surface area contributed by atoms with Gasteiger partial charge in [0.25, 0.3) is 0 Å². The number of rotatable bonds is 5. The summed E-state index contributed by atoms with van der Waals surface area (Å²) in [5, 5.41) is 0. The van der Waals surface area contributed by atoms with E-state index in [-0.39, 0.29) is 17.3 Å². The Kier molecular flexibility index (Phi) is 4.63. The number of benzene rings is 2. The monoisotopic (exact) mass is 287 g/mol. The van der Waals surface area contributed by atoms with E-state index in [1.165, 1.54) is 12.1 Å². The predicted molar refractivity (Wildman–Crippen MR) is 84.0 cm³/mol. The first-order valence-corrected chi connectivity index (χ1v) is 7.20. The molecule has 0 amide bonds. The van der Waals surface area contributed by atoms with Gasteiger partial charge in [0.2, 0.25) is 0 Å². The molecule has 0 saturated heterocycles. The van der Waals surface area contributed by atoms with Crippen LogP contribution in [-0.4, -0.2) is 6.61 Å². The summed E-state index contributed by atoms with van der Waals surface area (Å²) in [6, 6.07) is 14.1. The van der Waals surface area contributed by atoms with Crippen molar-refractivity contribution in [1.82, 2.24) is 0 Å². The summed E-state index contributed by atoms with van der Waals surface area (Å²) in [6.45, 7) is 6.68. The van der Waals surface area contributed by atoms with Crippen molar-refractivity contribution in [3.8, 4) is 5.75 Å². The quantitative estimate of drug-likeness (QED) is 0.894. The van der Waals surface area contributed by atoms with E-state index in [4.69, 9.17) is 10.5 Å². The fourth-order valence-corrected chi connectivity index (χ4v) is 2.47. The van der Waals surface area contributed by atoms with Gasteiger partial charge in [0.15, 0.2) is 0 Å². The number of halogens is 1. The van der Waals surface area contributed by atoms with Crippen molar-refractivity contribution in [2.45, 2.75) is 32.2 Å². The molecule has 0 aliphatic rings. The highest BCUT2D eigenvalue weighted by Crippen LogP contribution is 2.38. The Morgan fingerprint density at radius 2 is 1.71 bits per heavy atom. The molecular weight excluding hydrogens is 265 g/mol. The van der Waals surface area contributed by atoms with Gasteiger partial charge < -0.3 is 10.5 Å². The molecule has 2 aromatic carbocycles. The average molecular weight is 287 g/mol. The second-order valence-corrected chi connectivity index (χ2v) is 5.68. The molecule has 0 radical (unpaired) electrons. The molecule has 2 rings (SSSR count). The third-order valence-electron chi connectivity index (χ3n) is 3.92. The van der Waals surface area contributed by atoms with Crippen molar-refractivity contribution in [1.29, 1.82) is 0 Å². The normalized spacial score (nSPS) is 13.0. The first-order valence-electron chi connectivity index (χ1n) is 7.20. The van der Waals surface area contributed by atoms with Crippen LogP contribution in [0.4, 0.5) is 4.39 Å². The average Bonchev–Trinajstić information content (AvgIpc) is 2.48. The first kappa shape index (κ1) is 15.5. The zero-order chi connectivity index (χ0) is 15.5. The lowest BCUT2D eigenvalue weighted by Gasteiger charge is -2.33. The first-order chi connectivity index (χ1) is 9.96. The highest BCUT2D eigenvalue weighted by atomic mass is 19.1. The lowest BCUT2D eigenvalue weighted by atomic mass is 9.75. The summed E-state index contributed by atoms with van der Waals surface area (Å²) in [7, 11) is 0. The van der Waals surface area contributed by atoms with Crippen LogP contribution in [0, 0.1) is 5.82 Å². The fraction of sp³-hybridized carbons (Fsp3) is 0.333. The molecule has 3 heteroatoms. The van der Waals surface area contributed by atoms with Crippen LogP contribution in [0.5, 0.6) is 5.75 Å². The molecule has 0 bridgehead atoms. The molecule has 2 aromatic rings. The van der Waals surface area contributed by atoms with Crippen molar-refractivity contribution in [2.75, 3.05) is 6.61 Å². The molecule has 0 aliphatic heterocycles. The van der Waals surface area contributed by atoms with Gasteiger partial charge in [0, 0.05) is 17.0 Å². The summed E-state index contributed by atoms with van der Waals surface area (Å²) >= 11 is 0. The van der Waals surface area contributed by atoms with Crippen molar-refractivity contribution in [3.05, 3.63) is 65.5 Å². The Bertz CT molecular complexity index is 592. The molecule has 0 aliphatic carbocycles. The van der Waals surface area contributed by atoms with Crippen LogP contribution in [-0.2, 0) is 5.41 Å². The van der Waals surface area contributed by atoms with E-state index in [0.717, 1.165) is 16.9 Å². The van der Waals surface area contributed by atoms with Crippen LogP contribution in [0.1, 0.15) is 37.9 Å². The summed E-state index contributed by atoms with van der Waals surface area (Å²) in [5.41, 5.74) is 8.14. The largest absolute Gasteiger partial charge is 0.494 e. The standard InChI is InChI=1S/C18H22FNO/c1-4-21-16-8-6-5-7-15(16)17(20)18(2,3)13-9-11-14(19)12-10-13/h5-12,17H,4,20H2,1-3H3. The van der Waals surface area contributed by atoms with E-state index in [1.54, 1.807) is 12.1 Å². The Balaban J connectivity index is 2.38. The van der Waals surface area contributed by atoms with E-state index >= 15 is 0 Å². The minimum atomic E-state index is -0.332. The molecule has 0 spiro atoms. The summed E-state index contributed by atoms with van der Waals surface area (Å²) in [6.07, 6.45) is 0. The van der Waals surface area contributed by atoms with Gasteiger partial charge in [-0.05, 0) is 30.7 Å². The smallest absolute Gasteiger partial charge is 0.124 e. The molecular formula is C18H22FNO. The molecule has 1 atom stereocenters. The van der Waals surface area contributed by atoms with E-state index in [1.807, 2.05) is 31.2 Å². The zero-order valence-electron chi connectivity index (χ0n) is 12.8. The molecule has 21 heavy (non-hydrogen) atoms. The minimum Gasteiger partial charge on any atom is -0.494 e. The molecule has 1 unspecified atom stereocenters. The number of hydrogen-bond acceptors (Lipinski definition) is 2. The van der Waals surface area contributed by atoms with Crippen LogP contribution in [0.2, 0.25) is 0 Å². The second kappa shape index (κ2) is 6.27. The van der Waals surface area contributed by atoms with Crippen LogP contribution < -0.4 is 10.5 Å². The summed E-state index contributed by atoms with van der Waals surface area (Å²) in [5.74, 6) is 0.570. The lowest BCUT2D eigenvalue weighted by molar-refractivity contribution is 0.324. The third kappa shape index (κ3) is 3.24. The summed E-state index contributed by atoms with van der Waals surface area (Å²) in [4.78, 5) is 0. The molecule has 0 saturated carbocycles. The highest BCUT2D eigenvalue weighted by Gasteiger charge is 2.31. The Labute approximate surface area is 125 Å². The molecule has 2 N–H and O–H groups in total. The minimum absolute atomic E-state index is 0.238. The van der Waals surface area contributed by atoms with Gasteiger partial charge in [0.1, 0.15) is 11.6 Å². The molecule has 0 heterocycles. The van der Waals surface area contributed by atoms with Crippen LogP contribution >= 0.6 is 0 Å². The maximum Gasteiger partial charge on any atom is 0.124 e. The van der Waals surface area contributed by atoms with Crippen molar-refractivity contribution in [3.63, 3.8) is 0 Å². The van der Waals surface area contributed by atoms with Crippen molar-refractivity contribution < 1.29 is 9.13 Å². The number of ether oxygens (including phenoxy) is 1. The van der Waals surface area contributed by atoms with Crippen LogP contribution in [0.25, 0.3) is 0 Å². The Hall–Kier alpha value is -1.87. The van der Waals surface area contributed by atoms with Gasteiger partial charge >= 0.3 is 0 Å². The van der Waals surface area contributed by atoms with Gasteiger partial charge in [-0.2, -0.15) is 0 Å². The third-order valence-corrected chi connectivity index (χ3v) is 3.92. The topological polar surface area (TPSA) is 35.2 Å². The van der Waals surface area contributed by atoms with E-state index in [2.05, 4.69) is 13.8 Å². The maximum absolute atomic E-state index is 13.1. The molecule has 2 nitrogen and oxygen atoms in total. The molecule has 0 fully saturated rings. The van der Waals surface area contributed by atoms with Gasteiger partial charge in [0.05, 0.1) is 6.61 Å². The number of para-hydroxylation sites is 1. The lowest BCUT2D eigenvalue weighted by Crippen LogP contribution is -2.33. The van der Waals surface area contributed by atoms with Crippen molar-refractivity contribution >= 4 is 0 Å². The highest BCUT2D eigenvalue weighted by molar-refractivity contribution is 5.40. The van der Waals surface area contributed by atoms with Gasteiger partial charge in [-0.1, -0.05) is 44.2 Å². The van der Waals surface area contributed by atoms with Gasteiger partial charge in [-0.25, -0.2) is 4.39 Å². The fourth-order valence-electron chi connectivity index (χ4n) is 2.47. The Morgan fingerprint density at radius 3 is 2.33 bits per heavy atom. The second-order valence-electron chi connectivity index (χ2n) is 5.68. The van der Waals surface area contributed by atoms with E-state index in [9.17, 15) is 4.39 Å². The van der Waals surface area contributed by atoms with E-state index in [0.29, 0.717) is 6.61 Å². The van der Waals surface area contributed by atoms with E-state index < -0.39 is 0 Å². The molecule has 0 aromatic heterocycles.